The summed E-state index contributed by atoms with van der Waals surface area (Å²) in [6.45, 7) is -0.125. The number of aliphatic hydroxyl groups excluding tert-OH is 3. The number of aliphatic carboxylic acids is 1. The van der Waals surface area contributed by atoms with E-state index in [9.17, 15) is 39.6 Å². The number of carbonyl (C=O) groups excluding carboxylic acids is 3. The van der Waals surface area contributed by atoms with Crippen LogP contribution in [-0.2, 0) is 43.2 Å². The van der Waals surface area contributed by atoms with Gasteiger partial charge in [-0.2, -0.15) is 0 Å². The number of ether oxygens (including phenoxy) is 1. The Labute approximate surface area is 362 Å². The molecule has 1 aliphatic heterocycles. The molecular formula is C46H50N8O9. The van der Waals surface area contributed by atoms with Gasteiger partial charge < -0.3 is 46.4 Å². The molecule has 6 aromatic rings. The first-order chi connectivity index (χ1) is 30.6. The number of aromatic nitrogens is 4. The van der Waals surface area contributed by atoms with Crippen LogP contribution in [0.2, 0.25) is 0 Å². The Morgan fingerprint density at radius 1 is 0.714 bits per heavy atom. The molecule has 17 nitrogen and oxygen atoms in total. The minimum absolute atomic E-state index is 0.0244. The Kier molecular flexibility index (Phi) is 14.7. The van der Waals surface area contributed by atoms with Gasteiger partial charge in [-0.3, -0.25) is 19.0 Å². The molecular weight excluding hydrogens is 809 g/mol. The molecule has 3 heterocycles. The van der Waals surface area contributed by atoms with Gasteiger partial charge in [-0.1, -0.05) is 103 Å². The summed E-state index contributed by atoms with van der Waals surface area (Å²) in [6.07, 6.45) is -0.759. The van der Waals surface area contributed by atoms with Crippen LogP contribution in [0.4, 0.5) is 5.82 Å². The fourth-order valence-electron chi connectivity index (χ4n) is 7.74. The van der Waals surface area contributed by atoms with Crippen molar-refractivity contribution in [1.29, 1.82) is 0 Å². The number of amides is 3. The first kappa shape index (κ1) is 44.3. The van der Waals surface area contributed by atoms with Crippen LogP contribution in [0.3, 0.4) is 0 Å². The van der Waals surface area contributed by atoms with Crippen molar-refractivity contribution >= 4 is 51.4 Å². The number of carboxylic acid groups (broad SMARTS) is 1. The molecule has 1 fully saturated rings. The van der Waals surface area contributed by atoms with Gasteiger partial charge in [-0.15, -0.1) is 0 Å². The Morgan fingerprint density at radius 3 is 2.02 bits per heavy atom. The van der Waals surface area contributed by atoms with Crippen LogP contribution in [0, 0.1) is 0 Å². The second-order valence-corrected chi connectivity index (χ2v) is 15.5. The van der Waals surface area contributed by atoms with E-state index < -0.39 is 67.1 Å². The minimum atomic E-state index is -1.32. The summed E-state index contributed by atoms with van der Waals surface area (Å²) in [5.74, 6) is -2.52. The lowest BCUT2D eigenvalue weighted by Crippen LogP contribution is -2.57. The van der Waals surface area contributed by atoms with E-state index in [1.807, 2.05) is 78.9 Å². The molecule has 0 aliphatic carbocycles. The minimum Gasteiger partial charge on any atom is -0.480 e. The topological polar surface area (TPSA) is 250 Å². The normalized spacial score (nSPS) is 18.7. The summed E-state index contributed by atoms with van der Waals surface area (Å²) in [5, 5.41) is 53.8. The van der Waals surface area contributed by atoms with Gasteiger partial charge in [0.25, 0.3) is 0 Å². The monoisotopic (exact) mass is 858 g/mol. The highest BCUT2D eigenvalue weighted by molar-refractivity contribution is 5.95. The number of hydrogen-bond donors (Lipinski definition) is 8. The van der Waals surface area contributed by atoms with Crippen molar-refractivity contribution in [3.05, 3.63) is 132 Å². The van der Waals surface area contributed by atoms with Gasteiger partial charge in [0.15, 0.2) is 23.2 Å². The fourth-order valence-corrected chi connectivity index (χ4v) is 7.74. The van der Waals surface area contributed by atoms with E-state index in [1.165, 1.54) is 17.2 Å². The van der Waals surface area contributed by atoms with Gasteiger partial charge in [0.05, 0.1) is 19.4 Å². The number of benzene rings is 4. The van der Waals surface area contributed by atoms with Crippen LogP contribution < -0.4 is 21.3 Å². The van der Waals surface area contributed by atoms with Crippen molar-refractivity contribution in [2.75, 3.05) is 18.5 Å². The van der Waals surface area contributed by atoms with Gasteiger partial charge in [0.1, 0.15) is 42.8 Å². The number of carbonyl (C=O) groups is 4. The number of carboxylic acids is 1. The van der Waals surface area contributed by atoms with Gasteiger partial charge in [-0.05, 0) is 46.7 Å². The van der Waals surface area contributed by atoms with Crippen LogP contribution in [0.5, 0.6) is 0 Å². The smallest absolute Gasteiger partial charge is 0.326 e. The summed E-state index contributed by atoms with van der Waals surface area (Å²) in [4.78, 5) is 67.1. The molecule has 0 radical (unpaired) electrons. The van der Waals surface area contributed by atoms with Crippen molar-refractivity contribution < 1.29 is 44.3 Å². The maximum atomic E-state index is 14.2. The zero-order valence-corrected chi connectivity index (χ0v) is 34.3. The molecule has 17 heteroatoms. The molecule has 3 amide bonds. The lowest BCUT2D eigenvalue weighted by molar-refractivity contribution is -0.142. The van der Waals surface area contributed by atoms with Crippen molar-refractivity contribution in [2.45, 2.75) is 81.2 Å². The predicted molar refractivity (Wildman–Crippen MR) is 232 cm³/mol. The largest absolute Gasteiger partial charge is 0.480 e. The molecule has 7 rings (SSSR count). The summed E-state index contributed by atoms with van der Waals surface area (Å²) < 4.78 is 7.08. The lowest BCUT2D eigenvalue weighted by atomic mass is 10.0. The van der Waals surface area contributed by atoms with Gasteiger partial charge in [0.2, 0.25) is 17.7 Å². The summed E-state index contributed by atoms with van der Waals surface area (Å²) in [6, 6.07) is 28.2. The third-order valence-electron chi connectivity index (χ3n) is 11.1. The molecule has 328 valence electrons. The van der Waals surface area contributed by atoms with E-state index in [1.54, 1.807) is 24.3 Å². The number of hydrogen-bond acceptors (Lipinski definition) is 12. The van der Waals surface area contributed by atoms with Crippen LogP contribution in [0.15, 0.2) is 116 Å². The molecule has 0 unspecified atom stereocenters. The second-order valence-electron chi connectivity index (χ2n) is 15.5. The number of imidazole rings is 1. The zero-order valence-electron chi connectivity index (χ0n) is 34.3. The quantitative estimate of drug-likeness (QED) is 0.0515. The summed E-state index contributed by atoms with van der Waals surface area (Å²) in [5.41, 5.74) is 3.02. The van der Waals surface area contributed by atoms with E-state index in [0.717, 1.165) is 27.5 Å². The third-order valence-corrected chi connectivity index (χ3v) is 11.1. The maximum absolute atomic E-state index is 14.2. The van der Waals surface area contributed by atoms with Crippen LogP contribution in [-0.4, -0.2) is 113 Å². The molecule has 0 bridgehead atoms. The predicted octanol–water partition coefficient (Wildman–Crippen LogP) is 2.44. The molecule has 2 aromatic heterocycles. The van der Waals surface area contributed by atoms with Crippen LogP contribution >= 0.6 is 0 Å². The van der Waals surface area contributed by atoms with Gasteiger partial charge in [-0.25, -0.2) is 19.7 Å². The van der Waals surface area contributed by atoms with Crippen LogP contribution in [0.25, 0.3) is 21.9 Å². The molecule has 1 saturated heterocycles. The Bertz CT molecular complexity index is 2500. The lowest BCUT2D eigenvalue weighted by Gasteiger charge is -2.25. The molecule has 0 spiro atoms. The first-order valence-corrected chi connectivity index (χ1v) is 20.8. The van der Waals surface area contributed by atoms with Gasteiger partial charge >= 0.3 is 5.97 Å². The third kappa shape index (κ3) is 11.0. The Morgan fingerprint density at radius 2 is 1.35 bits per heavy atom. The number of aliphatic hydroxyl groups is 3. The zero-order chi connectivity index (χ0) is 44.3. The molecule has 0 saturated carbocycles. The molecule has 1 aliphatic rings. The second kappa shape index (κ2) is 20.9. The molecule has 8 N–H and O–H groups in total. The highest BCUT2D eigenvalue weighted by atomic mass is 16.6. The maximum Gasteiger partial charge on any atom is 0.326 e. The van der Waals surface area contributed by atoms with Crippen molar-refractivity contribution in [2.24, 2.45) is 0 Å². The fraction of sp³-hybridized carbons (Fsp3) is 0.326. The molecule has 4 aromatic carbocycles. The average Bonchev–Trinajstić information content (AvgIpc) is 3.85. The highest BCUT2D eigenvalue weighted by Crippen LogP contribution is 2.32. The number of nitrogens with one attached hydrogen (secondary N) is 4. The molecule has 63 heavy (non-hydrogen) atoms. The molecule has 7 atom stereocenters. The van der Waals surface area contributed by atoms with E-state index >= 15 is 0 Å². The van der Waals surface area contributed by atoms with Gasteiger partial charge in [0, 0.05) is 19.4 Å². The van der Waals surface area contributed by atoms with E-state index in [2.05, 4.69) is 36.2 Å². The summed E-state index contributed by atoms with van der Waals surface area (Å²) >= 11 is 0. The van der Waals surface area contributed by atoms with Crippen molar-refractivity contribution in [1.82, 2.24) is 35.5 Å². The average molecular weight is 859 g/mol. The number of unbranched alkanes of at least 4 members (excludes halogenated alkanes) is 1. The van der Waals surface area contributed by atoms with Crippen LogP contribution in [0.1, 0.15) is 42.2 Å². The Balaban J connectivity index is 0.988. The number of nitrogens with zero attached hydrogens (tertiary/aromatic N) is 4. The number of rotatable bonds is 20. The number of anilines is 1. The highest BCUT2D eigenvalue weighted by Gasteiger charge is 2.44. The standard InChI is InChI=1S/C46H50N8O9/c55-25-36-39(57)40(58)45(63-36)54-27-50-38-41(48-26-49-42(38)54)47-21-10-9-20-33(46(61)62)52-44(60)35(23-29-14-5-2-6-15-29)53-43(59)34(22-28-12-3-1-4-13-28)51-37(56)24-31-18-11-17-30-16-7-8-19-32(30)31/h1-8,11-19,26-27,33-36,39-40,45,55,57-58H,9-10,20-25H2,(H,51,56)(H,52,60)(H,53,59)(H,61,62)(H,47,48,49)/t33-,34-,35-,36+,39+,40+,45+/m0/s1. The first-order valence-electron chi connectivity index (χ1n) is 20.8. The summed E-state index contributed by atoms with van der Waals surface area (Å²) in [7, 11) is 0. The van der Waals surface area contributed by atoms with E-state index in [4.69, 9.17) is 4.74 Å². The van der Waals surface area contributed by atoms with E-state index in [0.29, 0.717) is 36.4 Å². The Hall–Kier alpha value is -6.79. The van der Waals surface area contributed by atoms with E-state index in [-0.39, 0.29) is 31.6 Å². The SMILES string of the molecule is O=C(Cc1cccc2ccccc12)N[C@@H](Cc1ccccc1)C(=O)N[C@@H](Cc1ccccc1)C(=O)N[C@@H](CCCCNc1ncnc2c1ncn2[C@@H]1O[C@H](CO)[C@@H](O)[C@H]1O)C(=O)O. The van der Waals surface area contributed by atoms with Crippen molar-refractivity contribution in [3.8, 4) is 0 Å². The number of fused-ring (bicyclic) bond motifs is 2. The van der Waals surface area contributed by atoms with Crippen molar-refractivity contribution in [3.63, 3.8) is 0 Å².